The van der Waals surface area contributed by atoms with Gasteiger partial charge in [0.25, 0.3) is 0 Å². The molecule has 1 rings (SSSR count). The van der Waals surface area contributed by atoms with Crippen molar-refractivity contribution in [3.05, 3.63) is 12.3 Å². The minimum absolute atomic E-state index is 0. The molecule has 0 aromatic carbocycles. The SMILES string of the molecule is C1=CNCNC1.[NaH]. The fraction of sp³-hybridized carbons (Fsp3) is 0.500. The van der Waals surface area contributed by atoms with Crippen LogP contribution < -0.4 is 10.6 Å². The number of nitrogens with one attached hydrogen (secondary N) is 2. The molecule has 0 aliphatic carbocycles. The van der Waals surface area contributed by atoms with Crippen molar-refractivity contribution in [2.45, 2.75) is 0 Å². The Hall–Kier alpha value is 0.500. The van der Waals surface area contributed by atoms with E-state index >= 15 is 0 Å². The summed E-state index contributed by atoms with van der Waals surface area (Å²) in [6.07, 6.45) is 4.00. The normalized spacial score (nSPS) is 17.1. The second-order valence-corrected chi connectivity index (χ2v) is 1.24. The first-order valence-electron chi connectivity index (χ1n) is 2.09. The molecule has 36 valence electrons. The van der Waals surface area contributed by atoms with E-state index < -0.39 is 0 Å². The van der Waals surface area contributed by atoms with Crippen LogP contribution in [0.1, 0.15) is 0 Å². The van der Waals surface area contributed by atoms with Gasteiger partial charge in [-0.1, -0.05) is 6.08 Å². The summed E-state index contributed by atoms with van der Waals surface area (Å²) in [5.41, 5.74) is 0. The molecule has 0 amide bonds. The third-order valence-electron chi connectivity index (χ3n) is 0.725. The van der Waals surface area contributed by atoms with Gasteiger partial charge in [-0.25, -0.2) is 0 Å². The van der Waals surface area contributed by atoms with E-state index in [9.17, 15) is 0 Å². The van der Waals surface area contributed by atoms with Crippen LogP contribution in [0.15, 0.2) is 12.3 Å². The maximum atomic E-state index is 3.09. The van der Waals surface area contributed by atoms with E-state index in [4.69, 9.17) is 0 Å². The predicted molar refractivity (Wildman–Crippen MR) is 32.3 cm³/mol. The van der Waals surface area contributed by atoms with Gasteiger partial charge in [-0.15, -0.1) is 0 Å². The second-order valence-electron chi connectivity index (χ2n) is 1.24. The summed E-state index contributed by atoms with van der Waals surface area (Å²) in [6, 6.07) is 0. The third-order valence-corrected chi connectivity index (χ3v) is 0.725. The summed E-state index contributed by atoms with van der Waals surface area (Å²) < 4.78 is 0. The maximum absolute atomic E-state index is 3.09. The number of hydrogen-bond donors (Lipinski definition) is 2. The zero-order valence-corrected chi connectivity index (χ0v) is 3.57. The quantitative estimate of drug-likeness (QED) is 0.389. The van der Waals surface area contributed by atoms with Crippen molar-refractivity contribution in [2.24, 2.45) is 0 Å². The fourth-order valence-electron chi connectivity index (χ4n) is 0.429. The van der Waals surface area contributed by atoms with E-state index in [1.54, 1.807) is 0 Å². The molecular formula is C4H9N2Na. The standard InChI is InChI=1S/C4H8N2.Na.H/c1-2-5-4-6-3-1;;/h1-2,5-6H,3-4H2;;. The van der Waals surface area contributed by atoms with Crippen molar-refractivity contribution < 1.29 is 0 Å². The first kappa shape index (κ1) is 7.50. The van der Waals surface area contributed by atoms with Crippen LogP contribution >= 0.6 is 0 Å². The summed E-state index contributed by atoms with van der Waals surface area (Å²) in [7, 11) is 0. The van der Waals surface area contributed by atoms with Crippen LogP contribution in [0, 0.1) is 0 Å². The van der Waals surface area contributed by atoms with Crippen molar-refractivity contribution in [1.29, 1.82) is 0 Å². The Bertz CT molecular complexity index is 54.7. The van der Waals surface area contributed by atoms with E-state index in [0.29, 0.717) is 0 Å². The molecule has 0 spiro atoms. The Morgan fingerprint density at radius 1 is 1.43 bits per heavy atom. The molecule has 0 unspecified atom stereocenters. The van der Waals surface area contributed by atoms with Crippen molar-refractivity contribution in [3.8, 4) is 0 Å². The molecule has 0 aromatic rings. The number of hydrogen-bond acceptors (Lipinski definition) is 2. The molecule has 2 nitrogen and oxygen atoms in total. The van der Waals surface area contributed by atoms with E-state index in [0.717, 1.165) is 13.2 Å². The van der Waals surface area contributed by atoms with Gasteiger partial charge in [-0.05, 0) is 6.20 Å². The summed E-state index contributed by atoms with van der Waals surface area (Å²) >= 11 is 0. The summed E-state index contributed by atoms with van der Waals surface area (Å²) in [4.78, 5) is 0. The van der Waals surface area contributed by atoms with E-state index in [1.165, 1.54) is 0 Å². The van der Waals surface area contributed by atoms with Crippen LogP contribution in [0.3, 0.4) is 0 Å². The first-order valence-corrected chi connectivity index (χ1v) is 2.09. The van der Waals surface area contributed by atoms with E-state index in [2.05, 4.69) is 10.6 Å². The average Bonchev–Trinajstić information content (AvgIpc) is 1.72. The van der Waals surface area contributed by atoms with Crippen LogP contribution in [0.2, 0.25) is 0 Å². The van der Waals surface area contributed by atoms with Crippen LogP contribution in [0.5, 0.6) is 0 Å². The van der Waals surface area contributed by atoms with Gasteiger partial charge in [0.2, 0.25) is 0 Å². The molecule has 0 aromatic heterocycles. The van der Waals surface area contributed by atoms with Crippen molar-refractivity contribution in [2.75, 3.05) is 13.2 Å². The van der Waals surface area contributed by atoms with Gasteiger partial charge >= 0.3 is 29.6 Å². The zero-order valence-electron chi connectivity index (χ0n) is 3.57. The van der Waals surface area contributed by atoms with Crippen molar-refractivity contribution >= 4 is 29.6 Å². The Kier molecular flexibility index (Phi) is 4.99. The molecule has 1 aliphatic rings. The van der Waals surface area contributed by atoms with Crippen LogP contribution in [0.25, 0.3) is 0 Å². The van der Waals surface area contributed by atoms with Gasteiger partial charge in [0, 0.05) is 6.54 Å². The van der Waals surface area contributed by atoms with Gasteiger partial charge in [0.05, 0.1) is 6.67 Å². The molecule has 2 N–H and O–H groups in total. The molecule has 0 radical (unpaired) electrons. The Labute approximate surface area is 65.7 Å². The van der Waals surface area contributed by atoms with Gasteiger partial charge in [-0.2, -0.15) is 0 Å². The molecule has 1 aliphatic heterocycles. The molecule has 7 heavy (non-hydrogen) atoms. The molecule has 0 saturated heterocycles. The summed E-state index contributed by atoms with van der Waals surface area (Å²) in [5.74, 6) is 0. The van der Waals surface area contributed by atoms with E-state index in [1.807, 2.05) is 12.3 Å². The molecule has 0 atom stereocenters. The Morgan fingerprint density at radius 3 is 2.43 bits per heavy atom. The molecule has 0 saturated carbocycles. The Balaban J connectivity index is 0.000000360. The fourth-order valence-corrected chi connectivity index (χ4v) is 0.429. The first-order chi connectivity index (χ1) is 3.00. The molecular weight excluding hydrogens is 99.0 g/mol. The van der Waals surface area contributed by atoms with E-state index in [-0.39, 0.29) is 29.6 Å². The monoisotopic (exact) mass is 108 g/mol. The predicted octanol–water partition coefficient (Wildman–Crippen LogP) is -0.998. The average molecular weight is 108 g/mol. The summed E-state index contributed by atoms with van der Waals surface area (Å²) in [6.45, 7) is 1.92. The molecule has 0 bridgehead atoms. The van der Waals surface area contributed by atoms with Gasteiger partial charge in [-0.3, -0.25) is 5.32 Å². The van der Waals surface area contributed by atoms with Crippen LogP contribution in [0.4, 0.5) is 0 Å². The van der Waals surface area contributed by atoms with Gasteiger partial charge in [0.1, 0.15) is 0 Å². The summed E-state index contributed by atoms with van der Waals surface area (Å²) in [5, 5.41) is 6.08. The minimum atomic E-state index is 0. The second kappa shape index (κ2) is 4.65. The van der Waals surface area contributed by atoms with Crippen LogP contribution in [-0.4, -0.2) is 42.8 Å². The van der Waals surface area contributed by atoms with Crippen molar-refractivity contribution in [1.82, 2.24) is 10.6 Å². The topological polar surface area (TPSA) is 24.1 Å². The van der Waals surface area contributed by atoms with Gasteiger partial charge in [0.15, 0.2) is 0 Å². The molecule has 0 fully saturated rings. The zero-order chi connectivity index (χ0) is 4.24. The van der Waals surface area contributed by atoms with Crippen LogP contribution in [-0.2, 0) is 0 Å². The third kappa shape index (κ3) is 3.12. The Morgan fingerprint density at radius 2 is 2.29 bits per heavy atom. The molecule has 1 heterocycles. The van der Waals surface area contributed by atoms with Crippen molar-refractivity contribution in [3.63, 3.8) is 0 Å². The number of rotatable bonds is 0. The molecule has 3 heteroatoms. The van der Waals surface area contributed by atoms with Gasteiger partial charge < -0.3 is 5.32 Å².